The molecule has 0 aliphatic rings. The van der Waals surface area contributed by atoms with E-state index in [1.165, 1.54) is 4.90 Å². The van der Waals surface area contributed by atoms with Gasteiger partial charge in [0.15, 0.2) is 0 Å². The standard InChI is InChI=1S/C16H14BrClN2O2/c1-20(16(22)11-2-4-12(17)5-3-11)10-15(21)19-14-8-6-13(18)7-9-14/h2-9H,10H2,1H3,(H,19,21). The first-order valence-corrected chi connectivity index (χ1v) is 7.69. The normalized spacial score (nSPS) is 10.1. The molecule has 0 saturated heterocycles. The minimum atomic E-state index is -0.268. The van der Waals surface area contributed by atoms with Gasteiger partial charge in [0.2, 0.25) is 5.91 Å². The highest BCUT2D eigenvalue weighted by molar-refractivity contribution is 9.10. The Bertz CT molecular complexity index is 672. The highest BCUT2D eigenvalue weighted by Crippen LogP contribution is 2.14. The summed E-state index contributed by atoms with van der Waals surface area (Å²) >= 11 is 9.10. The third-order valence-corrected chi connectivity index (χ3v) is 3.73. The maximum absolute atomic E-state index is 12.2. The van der Waals surface area contributed by atoms with Crippen LogP contribution in [0.4, 0.5) is 5.69 Å². The highest BCUT2D eigenvalue weighted by Gasteiger charge is 2.14. The number of rotatable bonds is 4. The minimum Gasteiger partial charge on any atom is -0.332 e. The fraction of sp³-hybridized carbons (Fsp3) is 0.125. The van der Waals surface area contributed by atoms with E-state index in [4.69, 9.17) is 11.6 Å². The number of carbonyl (C=O) groups excluding carboxylic acids is 2. The molecule has 0 fully saturated rings. The maximum atomic E-state index is 12.2. The summed E-state index contributed by atoms with van der Waals surface area (Å²) < 4.78 is 0.896. The zero-order chi connectivity index (χ0) is 16.1. The van der Waals surface area contributed by atoms with Crippen molar-refractivity contribution < 1.29 is 9.59 Å². The van der Waals surface area contributed by atoms with Crippen LogP contribution >= 0.6 is 27.5 Å². The van der Waals surface area contributed by atoms with Crippen LogP contribution in [0.25, 0.3) is 0 Å². The van der Waals surface area contributed by atoms with E-state index in [1.54, 1.807) is 55.6 Å². The number of benzene rings is 2. The molecule has 0 aromatic heterocycles. The Morgan fingerprint density at radius 1 is 1.09 bits per heavy atom. The molecule has 2 aromatic carbocycles. The van der Waals surface area contributed by atoms with Crippen molar-refractivity contribution in [2.45, 2.75) is 0 Å². The third-order valence-electron chi connectivity index (χ3n) is 2.95. The summed E-state index contributed by atoms with van der Waals surface area (Å²) in [6.45, 7) is -0.0302. The molecule has 6 heteroatoms. The lowest BCUT2D eigenvalue weighted by Crippen LogP contribution is -2.34. The Hall–Kier alpha value is -1.85. The summed E-state index contributed by atoms with van der Waals surface area (Å²) in [7, 11) is 1.59. The zero-order valence-corrected chi connectivity index (χ0v) is 14.2. The summed E-state index contributed by atoms with van der Waals surface area (Å²) in [6, 6.07) is 13.8. The maximum Gasteiger partial charge on any atom is 0.254 e. The first-order chi connectivity index (χ1) is 10.5. The van der Waals surface area contributed by atoms with Crippen LogP contribution in [0.3, 0.4) is 0 Å². The van der Waals surface area contributed by atoms with Crippen molar-refractivity contribution in [2.75, 3.05) is 18.9 Å². The van der Waals surface area contributed by atoms with E-state index in [1.807, 2.05) is 0 Å². The fourth-order valence-electron chi connectivity index (χ4n) is 1.83. The third kappa shape index (κ3) is 4.58. The number of likely N-dealkylation sites (N-methyl/N-ethyl adjacent to an activating group) is 1. The Labute approximate surface area is 142 Å². The van der Waals surface area contributed by atoms with E-state index in [9.17, 15) is 9.59 Å². The molecule has 1 N–H and O–H groups in total. The molecule has 2 amide bonds. The van der Waals surface area contributed by atoms with Crippen molar-refractivity contribution in [3.8, 4) is 0 Å². The van der Waals surface area contributed by atoms with E-state index >= 15 is 0 Å². The summed E-state index contributed by atoms with van der Waals surface area (Å²) in [6.07, 6.45) is 0. The average Bonchev–Trinajstić information content (AvgIpc) is 2.49. The quantitative estimate of drug-likeness (QED) is 0.875. The molecule has 0 radical (unpaired) electrons. The van der Waals surface area contributed by atoms with Crippen LogP contribution in [0.1, 0.15) is 10.4 Å². The SMILES string of the molecule is CN(CC(=O)Nc1ccc(Cl)cc1)C(=O)c1ccc(Br)cc1. The van der Waals surface area contributed by atoms with Gasteiger partial charge in [-0.15, -0.1) is 0 Å². The number of halogens is 2. The predicted molar refractivity (Wildman–Crippen MR) is 91.2 cm³/mol. The molecule has 0 spiro atoms. The molecule has 0 aliphatic carbocycles. The number of hydrogen-bond donors (Lipinski definition) is 1. The van der Waals surface area contributed by atoms with Gasteiger partial charge >= 0.3 is 0 Å². The van der Waals surface area contributed by atoms with Crippen molar-refractivity contribution in [3.05, 3.63) is 63.6 Å². The molecule has 0 saturated carbocycles. The molecular formula is C16H14BrClN2O2. The van der Waals surface area contributed by atoms with Crippen LogP contribution < -0.4 is 5.32 Å². The molecule has 0 aliphatic heterocycles. The Morgan fingerprint density at radius 2 is 1.68 bits per heavy atom. The molecule has 22 heavy (non-hydrogen) atoms. The van der Waals surface area contributed by atoms with Crippen molar-refractivity contribution in [3.63, 3.8) is 0 Å². The van der Waals surface area contributed by atoms with Gasteiger partial charge in [0.1, 0.15) is 0 Å². The van der Waals surface area contributed by atoms with Gasteiger partial charge in [-0.1, -0.05) is 27.5 Å². The van der Waals surface area contributed by atoms with Gasteiger partial charge < -0.3 is 10.2 Å². The van der Waals surface area contributed by atoms with Gasteiger partial charge in [0.25, 0.3) is 5.91 Å². The number of nitrogens with one attached hydrogen (secondary N) is 1. The summed E-state index contributed by atoms with van der Waals surface area (Å²) in [5, 5.41) is 3.31. The molecule has 0 bridgehead atoms. The van der Waals surface area contributed by atoms with Gasteiger partial charge in [0, 0.05) is 27.8 Å². The molecular weight excluding hydrogens is 368 g/mol. The molecule has 0 atom stereocenters. The van der Waals surface area contributed by atoms with Crippen LogP contribution in [0, 0.1) is 0 Å². The van der Waals surface area contributed by atoms with E-state index in [2.05, 4.69) is 21.2 Å². The molecule has 114 valence electrons. The fourth-order valence-corrected chi connectivity index (χ4v) is 2.22. The van der Waals surface area contributed by atoms with E-state index in [0.29, 0.717) is 16.3 Å². The van der Waals surface area contributed by atoms with Crippen LogP contribution in [-0.4, -0.2) is 30.3 Å². The Morgan fingerprint density at radius 3 is 2.27 bits per heavy atom. The van der Waals surface area contributed by atoms with Crippen molar-refractivity contribution in [2.24, 2.45) is 0 Å². The van der Waals surface area contributed by atoms with Crippen LogP contribution in [0.15, 0.2) is 53.0 Å². The molecule has 0 heterocycles. The largest absolute Gasteiger partial charge is 0.332 e. The topological polar surface area (TPSA) is 49.4 Å². The second-order valence-electron chi connectivity index (χ2n) is 4.72. The monoisotopic (exact) mass is 380 g/mol. The number of hydrogen-bond acceptors (Lipinski definition) is 2. The number of nitrogens with zero attached hydrogens (tertiary/aromatic N) is 1. The van der Waals surface area contributed by atoms with Crippen molar-refractivity contribution >= 4 is 45.0 Å². The lowest BCUT2D eigenvalue weighted by Gasteiger charge is -2.17. The van der Waals surface area contributed by atoms with Crippen LogP contribution in [0.5, 0.6) is 0 Å². The number of amides is 2. The second kappa shape index (κ2) is 7.42. The number of carbonyl (C=O) groups is 2. The summed E-state index contributed by atoms with van der Waals surface area (Å²) in [5.41, 5.74) is 1.17. The van der Waals surface area contributed by atoms with Crippen molar-refractivity contribution in [1.29, 1.82) is 0 Å². The second-order valence-corrected chi connectivity index (χ2v) is 6.08. The van der Waals surface area contributed by atoms with Gasteiger partial charge in [-0.25, -0.2) is 0 Å². The summed E-state index contributed by atoms with van der Waals surface area (Å²) in [5.74, 6) is -0.478. The molecule has 2 rings (SSSR count). The minimum absolute atomic E-state index is 0.0302. The van der Waals surface area contributed by atoms with Gasteiger partial charge in [-0.3, -0.25) is 9.59 Å². The molecule has 4 nitrogen and oxygen atoms in total. The Balaban J connectivity index is 1.94. The predicted octanol–water partition coefficient (Wildman–Crippen LogP) is 3.81. The summed E-state index contributed by atoms with van der Waals surface area (Å²) in [4.78, 5) is 25.5. The van der Waals surface area contributed by atoms with Crippen molar-refractivity contribution in [1.82, 2.24) is 4.90 Å². The van der Waals surface area contributed by atoms with E-state index < -0.39 is 0 Å². The molecule has 2 aromatic rings. The number of anilines is 1. The Kier molecular flexibility index (Phi) is 5.57. The van der Waals surface area contributed by atoms with Gasteiger partial charge in [-0.2, -0.15) is 0 Å². The van der Waals surface area contributed by atoms with E-state index in [0.717, 1.165) is 4.47 Å². The first-order valence-electron chi connectivity index (χ1n) is 6.52. The lowest BCUT2D eigenvalue weighted by molar-refractivity contribution is -0.116. The first kappa shape index (κ1) is 16.5. The van der Waals surface area contributed by atoms with E-state index in [-0.39, 0.29) is 18.4 Å². The smallest absolute Gasteiger partial charge is 0.254 e. The van der Waals surface area contributed by atoms with Crippen LogP contribution in [-0.2, 0) is 4.79 Å². The average molecular weight is 382 g/mol. The van der Waals surface area contributed by atoms with Gasteiger partial charge in [-0.05, 0) is 48.5 Å². The zero-order valence-electron chi connectivity index (χ0n) is 11.8. The lowest BCUT2D eigenvalue weighted by atomic mass is 10.2. The van der Waals surface area contributed by atoms with Gasteiger partial charge in [0.05, 0.1) is 6.54 Å². The van der Waals surface area contributed by atoms with Crippen LogP contribution in [0.2, 0.25) is 5.02 Å². The molecule has 0 unspecified atom stereocenters. The highest BCUT2D eigenvalue weighted by atomic mass is 79.9.